The van der Waals surface area contributed by atoms with Gasteiger partial charge in [0.2, 0.25) is 0 Å². The van der Waals surface area contributed by atoms with Crippen molar-refractivity contribution in [2.75, 3.05) is 47.5 Å². The fraction of sp³-hybridized carbons (Fsp3) is 0.950. The van der Waals surface area contributed by atoms with Gasteiger partial charge < -0.3 is 18.9 Å². The highest BCUT2D eigenvalue weighted by atomic mass is 31.2. The van der Waals surface area contributed by atoms with E-state index in [1.807, 2.05) is 21.1 Å². The van der Waals surface area contributed by atoms with Crippen LogP contribution in [-0.4, -0.2) is 74.9 Å². The number of likely N-dealkylation sites (N-methyl/N-ethyl adjacent to an activating group) is 1. The van der Waals surface area contributed by atoms with Crippen LogP contribution >= 0.6 is 7.82 Å². The molecule has 0 saturated heterocycles. The Hall–Kier alpha value is -0.990. The maximum absolute atomic E-state index is 12.6. The number of nitrogens with zero attached hydrogens (tertiary/aromatic N) is 1. The summed E-state index contributed by atoms with van der Waals surface area (Å²) in [6.45, 7) is 4.42. The quantitative estimate of drug-likeness (QED) is 0.0289. The van der Waals surface area contributed by atoms with Crippen molar-refractivity contribution in [3.05, 3.63) is 0 Å². The van der Waals surface area contributed by atoms with Gasteiger partial charge in [-0.3, -0.25) is 18.6 Å². The van der Waals surface area contributed by atoms with E-state index in [0.29, 0.717) is 17.4 Å². The van der Waals surface area contributed by atoms with E-state index in [9.17, 15) is 19.0 Å². The fourth-order valence-electron chi connectivity index (χ4n) is 5.84. The third-order valence-corrected chi connectivity index (χ3v) is 10.1. The average molecular weight is 735 g/mol. The van der Waals surface area contributed by atoms with Crippen molar-refractivity contribution in [1.29, 1.82) is 0 Å². The van der Waals surface area contributed by atoms with Crippen LogP contribution in [0.25, 0.3) is 0 Å². The Kier molecular flexibility index (Phi) is 33.2. The van der Waals surface area contributed by atoms with Crippen molar-refractivity contribution in [3.63, 3.8) is 0 Å². The zero-order valence-corrected chi connectivity index (χ0v) is 34.3. The molecule has 0 aliphatic carbocycles. The van der Waals surface area contributed by atoms with Gasteiger partial charge in [0.15, 0.2) is 6.10 Å². The molecule has 0 saturated carbocycles. The molecular weight excluding hydrogens is 653 g/mol. The predicted octanol–water partition coefficient (Wildman–Crippen LogP) is 11.2. The van der Waals surface area contributed by atoms with Gasteiger partial charge in [0.05, 0.1) is 27.7 Å². The smallest absolute Gasteiger partial charge is 0.462 e. The summed E-state index contributed by atoms with van der Waals surface area (Å²) in [5.74, 6) is -0.790. The van der Waals surface area contributed by atoms with Gasteiger partial charge in [0.25, 0.3) is 0 Å². The van der Waals surface area contributed by atoms with E-state index in [-0.39, 0.29) is 25.6 Å². The predicted molar refractivity (Wildman–Crippen MR) is 206 cm³/mol. The topological polar surface area (TPSA) is 108 Å². The first-order valence-electron chi connectivity index (χ1n) is 20.8. The highest BCUT2D eigenvalue weighted by Gasteiger charge is 2.27. The maximum Gasteiger partial charge on any atom is 0.472 e. The molecule has 0 amide bonds. The summed E-state index contributed by atoms with van der Waals surface area (Å²) >= 11 is 0. The van der Waals surface area contributed by atoms with E-state index in [0.717, 1.165) is 38.5 Å². The van der Waals surface area contributed by atoms with Crippen LogP contribution in [-0.2, 0) is 32.7 Å². The van der Waals surface area contributed by atoms with Crippen molar-refractivity contribution in [3.8, 4) is 0 Å². The number of unbranched alkanes of at least 4 members (excludes halogenated alkanes) is 24. The average Bonchev–Trinajstić information content (AvgIpc) is 3.06. The number of ether oxygens (including phenoxy) is 2. The van der Waals surface area contributed by atoms with Crippen LogP contribution in [0.4, 0.5) is 0 Å². The molecule has 0 heterocycles. The lowest BCUT2D eigenvalue weighted by atomic mass is 10.0. The molecule has 0 aromatic heterocycles. The lowest BCUT2D eigenvalue weighted by Gasteiger charge is -2.24. The monoisotopic (exact) mass is 735 g/mol. The molecule has 0 radical (unpaired) electrons. The molecule has 10 heteroatoms. The maximum atomic E-state index is 12.6. The highest BCUT2D eigenvalue weighted by molar-refractivity contribution is 7.47. The molecular formula is C40H81NO8P+. The Balaban J connectivity index is 4.30. The van der Waals surface area contributed by atoms with E-state index >= 15 is 0 Å². The minimum atomic E-state index is -4.36. The zero-order valence-electron chi connectivity index (χ0n) is 33.4. The van der Waals surface area contributed by atoms with Gasteiger partial charge >= 0.3 is 19.8 Å². The molecule has 1 N–H and O–H groups in total. The SMILES string of the molecule is CCCCCCCCCCCCCCCCCCCC(=O)OC(COC(=O)CCCCCCCCCCC)COP(=O)(O)OCC[N+](C)(C)C. The Morgan fingerprint density at radius 3 is 1.28 bits per heavy atom. The van der Waals surface area contributed by atoms with Gasteiger partial charge in [-0.1, -0.05) is 168 Å². The zero-order chi connectivity index (χ0) is 37.2. The summed E-state index contributed by atoms with van der Waals surface area (Å²) < 4.78 is 34.2. The first-order chi connectivity index (χ1) is 24.0. The summed E-state index contributed by atoms with van der Waals surface area (Å²) in [6, 6.07) is 0. The number of quaternary nitrogens is 1. The third-order valence-electron chi connectivity index (χ3n) is 9.14. The van der Waals surface area contributed by atoms with E-state index in [4.69, 9.17) is 18.5 Å². The summed E-state index contributed by atoms with van der Waals surface area (Å²) in [7, 11) is 1.49. The van der Waals surface area contributed by atoms with Gasteiger partial charge in [0, 0.05) is 12.8 Å². The summed E-state index contributed by atoms with van der Waals surface area (Å²) in [5.41, 5.74) is 0. The summed E-state index contributed by atoms with van der Waals surface area (Å²) in [6.07, 6.45) is 31.5. The van der Waals surface area contributed by atoms with Gasteiger partial charge in [-0.25, -0.2) is 4.57 Å². The number of hydrogen-bond acceptors (Lipinski definition) is 7. The number of phosphoric acid groups is 1. The van der Waals surface area contributed by atoms with Crippen LogP contribution in [0.3, 0.4) is 0 Å². The Morgan fingerprint density at radius 1 is 0.540 bits per heavy atom. The van der Waals surface area contributed by atoms with E-state index in [2.05, 4.69) is 13.8 Å². The molecule has 0 aliphatic rings. The van der Waals surface area contributed by atoms with Crippen molar-refractivity contribution >= 4 is 19.8 Å². The molecule has 0 aromatic rings. The Morgan fingerprint density at radius 2 is 0.900 bits per heavy atom. The molecule has 298 valence electrons. The lowest BCUT2D eigenvalue weighted by Crippen LogP contribution is -2.37. The van der Waals surface area contributed by atoms with Gasteiger partial charge in [-0.05, 0) is 12.8 Å². The molecule has 2 atom stereocenters. The van der Waals surface area contributed by atoms with E-state index in [1.165, 1.54) is 128 Å². The first-order valence-corrected chi connectivity index (χ1v) is 22.3. The Bertz CT molecular complexity index is 835. The first kappa shape index (κ1) is 49.0. The number of hydrogen-bond donors (Lipinski definition) is 1. The van der Waals surface area contributed by atoms with Crippen LogP contribution in [0, 0.1) is 0 Å². The van der Waals surface area contributed by atoms with Crippen LogP contribution in [0.15, 0.2) is 0 Å². The molecule has 0 rings (SSSR count). The van der Waals surface area contributed by atoms with Crippen molar-refractivity contribution in [2.24, 2.45) is 0 Å². The molecule has 2 unspecified atom stereocenters. The second kappa shape index (κ2) is 33.8. The standard InChI is InChI=1S/C40H80NO8P/c1-6-8-10-12-14-16-17-18-19-20-21-22-23-25-27-29-31-33-40(43)49-38(37-48-50(44,45)47-35-34-41(3,4)5)36-46-39(42)32-30-28-26-24-15-13-11-9-7-2/h38H,6-37H2,1-5H3/p+1. The number of rotatable bonds is 38. The second-order valence-corrected chi connectivity index (χ2v) is 16.8. The minimum absolute atomic E-state index is 0.0365. The number of carbonyl (C=O) groups is 2. The van der Waals surface area contributed by atoms with Crippen molar-refractivity contribution in [2.45, 2.75) is 200 Å². The van der Waals surface area contributed by atoms with Crippen LogP contribution in [0.5, 0.6) is 0 Å². The summed E-state index contributed by atoms with van der Waals surface area (Å²) in [5, 5.41) is 0. The van der Waals surface area contributed by atoms with Gasteiger partial charge in [-0.15, -0.1) is 0 Å². The molecule has 50 heavy (non-hydrogen) atoms. The van der Waals surface area contributed by atoms with E-state index < -0.39 is 26.5 Å². The highest BCUT2D eigenvalue weighted by Crippen LogP contribution is 2.43. The fourth-order valence-corrected chi connectivity index (χ4v) is 6.58. The normalized spacial score (nSPS) is 13.6. The number of carbonyl (C=O) groups excluding carboxylic acids is 2. The van der Waals surface area contributed by atoms with Crippen LogP contribution in [0.1, 0.15) is 194 Å². The van der Waals surface area contributed by atoms with Gasteiger partial charge in [-0.2, -0.15) is 0 Å². The van der Waals surface area contributed by atoms with Gasteiger partial charge in [0.1, 0.15) is 19.8 Å². The lowest BCUT2D eigenvalue weighted by molar-refractivity contribution is -0.870. The minimum Gasteiger partial charge on any atom is -0.462 e. The second-order valence-electron chi connectivity index (χ2n) is 15.4. The molecule has 0 fully saturated rings. The molecule has 0 aromatic carbocycles. The molecule has 0 aliphatic heterocycles. The Labute approximate surface area is 308 Å². The van der Waals surface area contributed by atoms with E-state index in [1.54, 1.807) is 0 Å². The van der Waals surface area contributed by atoms with Crippen molar-refractivity contribution in [1.82, 2.24) is 0 Å². The van der Waals surface area contributed by atoms with Crippen LogP contribution in [0.2, 0.25) is 0 Å². The number of esters is 2. The number of phosphoric ester groups is 1. The summed E-state index contributed by atoms with van der Waals surface area (Å²) in [4.78, 5) is 35.2. The van der Waals surface area contributed by atoms with Crippen LogP contribution < -0.4 is 0 Å². The largest absolute Gasteiger partial charge is 0.472 e. The molecule has 0 bridgehead atoms. The third kappa shape index (κ3) is 36.8. The molecule has 9 nitrogen and oxygen atoms in total. The van der Waals surface area contributed by atoms with Crippen molar-refractivity contribution < 1.29 is 42.1 Å². The molecule has 0 spiro atoms.